The van der Waals surface area contributed by atoms with E-state index in [4.69, 9.17) is 10.8 Å². The molecule has 0 radical (unpaired) electrons. The van der Waals surface area contributed by atoms with Crippen LogP contribution in [0.4, 0.5) is 5.95 Å². The third kappa shape index (κ3) is 2.34. The van der Waals surface area contributed by atoms with Crippen molar-refractivity contribution >= 4 is 33.5 Å². The molecule has 106 valence electrons. The molecule has 21 heavy (non-hydrogen) atoms. The largest absolute Gasteiger partial charge is 0.477 e. The van der Waals surface area contributed by atoms with Crippen molar-refractivity contribution in [3.05, 3.63) is 40.3 Å². The molecule has 0 spiro atoms. The number of carboxylic acid groups (broad SMARTS) is 1. The normalized spacial score (nSPS) is 11.0. The van der Waals surface area contributed by atoms with Crippen LogP contribution in [0.5, 0.6) is 0 Å². The van der Waals surface area contributed by atoms with Gasteiger partial charge in [-0.05, 0) is 25.5 Å². The van der Waals surface area contributed by atoms with E-state index in [2.05, 4.69) is 16.0 Å². The van der Waals surface area contributed by atoms with Gasteiger partial charge in [0.15, 0.2) is 0 Å². The van der Waals surface area contributed by atoms with Crippen molar-refractivity contribution in [1.29, 1.82) is 0 Å². The van der Waals surface area contributed by atoms with Crippen molar-refractivity contribution in [1.82, 2.24) is 9.97 Å². The molecule has 3 N–H and O–H groups in total. The molecule has 0 unspecified atom stereocenters. The molecule has 0 fully saturated rings. The molecule has 3 rings (SSSR count). The van der Waals surface area contributed by atoms with Crippen LogP contribution in [0.15, 0.2) is 24.3 Å². The number of aryl methyl sites for hydroxylation is 2. The Labute approximate surface area is 125 Å². The second-order valence-electron chi connectivity index (χ2n) is 4.88. The van der Waals surface area contributed by atoms with Crippen LogP contribution in [0, 0.1) is 13.8 Å². The van der Waals surface area contributed by atoms with Crippen molar-refractivity contribution in [2.75, 3.05) is 5.73 Å². The van der Waals surface area contributed by atoms with E-state index in [1.807, 2.05) is 26.0 Å². The Morgan fingerprint density at radius 3 is 2.67 bits per heavy atom. The van der Waals surface area contributed by atoms with E-state index in [0.717, 1.165) is 33.4 Å². The first kappa shape index (κ1) is 13.5. The van der Waals surface area contributed by atoms with Crippen LogP contribution in [0.3, 0.4) is 0 Å². The highest BCUT2D eigenvalue weighted by atomic mass is 32.1. The van der Waals surface area contributed by atoms with Crippen LogP contribution in [-0.2, 0) is 0 Å². The number of carbonyl (C=O) groups is 1. The Balaban J connectivity index is 2.33. The SMILES string of the molecule is Cc1ccc(-c2nc(N)nc3sc(C(=O)O)cc23)c(C)c1. The first-order chi connectivity index (χ1) is 9.95. The number of hydrogen-bond acceptors (Lipinski definition) is 5. The molecule has 0 saturated carbocycles. The number of hydrogen-bond donors (Lipinski definition) is 2. The van der Waals surface area contributed by atoms with E-state index >= 15 is 0 Å². The predicted octanol–water partition coefficient (Wildman–Crippen LogP) is 3.26. The van der Waals surface area contributed by atoms with E-state index in [1.54, 1.807) is 6.07 Å². The first-order valence-electron chi connectivity index (χ1n) is 6.33. The molecule has 2 heterocycles. The number of thiophene rings is 1. The Kier molecular flexibility index (Phi) is 3.10. The Morgan fingerprint density at radius 1 is 1.24 bits per heavy atom. The minimum absolute atomic E-state index is 0.149. The highest BCUT2D eigenvalue weighted by Gasteiger charge is 2.16. The van der Waals surface area contributed by atoms with Crippen molar-refractivity contribution in [3.63, 3.8) is 0 Å². The predicted molar refractivity (Wildman–Crippen MR) is 83.7 cm³/mol. The lowest BCUT2D eigenvalue weighted by Crippen LogP contribution is -1.97. The van der Waals surface area contributed by atoms with Gasteiger partial charge in [0.25, 0.3) is 0 Å². The molecule has 1 aromatic carbocycles. The van der Waals surface area contributed by atoms with Crippen molar-refractivity contribution in [2.45, 2.75) is 13.8 Å². The number of anilines is 1. The molecular formula is C15H13N3O2S. The standard InChI is InChI=1S/C15H13N3O2S/c1-7-3-4-9(8(2)5-7)12-10-6-11(14(19)20)21-13(10)18-15(16)17-12/h3-6H,1-2H3,(H,19,20)(H2,16,17,18). The number of rotatable bonds is 2. The minimum atomic E-state index is -0.969. The Morgan fingerprint density at radius 2 is 2.00 bits per heavy atom. The van der Waals surface area contributed by atoms with Gasteiger partial charge in [-0.2, -0.15) is 0 Å². The second kappa shape index (κ2) is 4.82. The van der Waals surface area contributed by atoms with Gasteiger partial charge in [-0.25, -0.2) is 14.8 Å². The quantitative estimate of drug-likeness (QED) is 0.758. The summed E-state index contributed by atoms with van der Waals surface area (Å²) in [5.74, 6) is -0.820. The maximum absolute atomic E-state index is 11.1. The van der Waals surface area contributed by atoms with E-state index in [0.29, 0.717) is 10.5 Å². The zero-order valence-electron chi connectivity index (χ0n) is 11.5. The Bertz CT molecular complexity index is 871. The molecule has 5 nitrogen and oxygen atoms in total. The number of carboxylic acids is 1. The van der Waals surface area contributed by atoms with Crippen LogP contribution in [0.2, 0.25) is 0 Å². The van der Waals surface area contributed by atoms with Crippen LogP contribution in [0.1, 0.15) is 20.8 Å². The monoisotopic (exact) mass is 299 g/mol. The summed E-state index contributed by atoms with van der Waals surface area (Å²) < 4.78 is 0. The highest BCUT2D eigenvalue weighted by Crippen LogP contribution is 2.34. The third-order valence-corrected chi connectivity index (χ3v) is 4.27. The van der Waals surface area contributed by atoms with Crippen LogP contribution in [0.25, 0.3) is 21.5 Å². The summed E-state index contributed by atoms with van der Waals surface area (Å²) in [4.78, 5) is 20.4. The molecule has 2 aromatic heterocycles. The lowest BCUT2D eigenvalue weighted by atomic mass is 10.0. The smallest absolute Gasteiger partial charge is 0.345 e. The fourth-order valence-electron chi connectivity index (χ4n) is 2.33. The van der Waals surface area contributed by atoms with E-state index in [9.17, 15) is 4.79 Å². The number of aromatic carboxylic acids is 1. The third-order valence-electron chi connectivity index (χ3n) is 3.26. The fourth-order valence-corrected chi connectivity index (χ4v) is 3.21. The number of nitrogens with zero attached hydrogens (tertiary/aromatic N) is 2. The average molecular weight is 299 g/mol. The van der Waals surface area contributed by atoms with Gasteiger partial charge in [0, 0.05) is 10.9 Å². The first-order valence-corrected chi connectivity index (χ1v) is 7.15. The van der Waals surface area contributed by atoms with Gasteiger partial charge in [-0.15, -0.1) is 11.3 Å². The van der Waals surface area contributed by atoms with Crippen molar-refractivity contribution in [2.24, 2.45) is 0 Å². The van der Waals surface area contributed by atoms with E-state index in [1.165, 1.54) is 0 Å². The lowest BCUT2D eigenvalue weighted by molar-refractivity contribution is 0.0702. The van der Waals surface area contributed by atoms with Gasteiger partial charge in [-0.3, -0.25) is 0 Å². The summed E-state index contributed by atoms with van der Waals surface area (Å²) in [6.45, 7) is 4.02. The summed E-state index contributed by atoms with van der Waals surface area (Å²) in [5.41, 5.74) is 9.61. The van der Waals surface area contributed by atoms with Gasteiger partial charge < -0.3 is 10.8 Å². The molecule has 0 aliphatic carbocycles. The average Bonchev–Trinajstić information content (AvgIpc) is 2.82. The van der Waals surface area contributed by atoms with E-state index in [-0.39, 0.29) is 10.8 Å². The van der Waals surface area contributed by atoms with Gasteiger partial charge in [-0.1, -0.05) is 23.8 Å². The van der Waals surface area contributed by atoms with Gasteiger partial charge in [0.2, 0.25) is 5.95 Å². The van der Waals surface area contributed by atoms with E-state index < -0.39 is 5.97 Å². The zero-order chi connectivity index (χ0) is 15.1. The number of nitrogen functional groups attached to an aromatic ring is 1. The maximum Gasteiger partial charge on any atom is 0.345 e. The van der Waals surface area contributed by atoms with Crippen LogP contribution < -0.4 is 5.73 Å². The molecular weight excluding hydrogens is 286 g/mol. The second-order valence-corrected chi connectivity index (χ2v) is 5.91. The summed E-state index contributed by atoms with van der Waals surface area (Å²) in [7, 11) is 0. The van der Waals surface area contributed by atoms with Crippen LogP contribution in [-0.4, -0.2) is 21.0 Å². The highest BCUT2D eigenvalue weighted by molar-refractivity contribution is 7.20. The number of nitrogens with two attached hydrogens (primary N) is 1. The molecule has 3 aromatic rings. The molecule has 0 aliphatic heterocycles. The minimum Gasteiger partial charge on any atom is -0.477 e. The van der Waals surface area contributed by atoms with Crippen molar-refractivity contribution < 1.29 is 9.90 Å². The number of fused-ring (bicyclic) bond motifs is 1. The maximum atomic E-state index is 11.1. The van der Waals surface area contributed by atoms with Crippen LogP contribution >= 0.6 is 11.3 Å². The molecule has 0 amide bonds. The lowest BCUT2D eigenvalue weighted by Gasteiger charge is -2.08. The topological polar surface area (TPSA) is 89.1 Å². The summed E-state index contributed by atoms with van der Waals surface area (Å²) in [5, 5.41) is 9.86. The summed E-state index contributed by atoms with van der Waals surface area (Å²) in [6, 6.07) is 7.64. The zero-order valence-corrected chi connectivity index (χ0v) is 12.4. The van der Waals surface area contributed by atoms with Crippen molar-refractivity contribution in [3.8, 4) is 11.3 Å². The molecule has 0 atom stereocenters. The summed E-state index contributed by atoms with van der Waals surface area (Å²) >= 11 is 1.11. The fraction of sp³-hybridized carbons (Fsp3) is 0.133. The van der Waals surface area contributed by atoms with Gasteiger partial charge in [0.05, 0.1) is 5.69 Å². The molecule has 0 bridgehead atoms. The Hall–Kier alpha value is -2.47. The number of aromatic nitrogens is 2. The molecule has 0 saturated heterocycles. The van der Waals surface area contributed by atoms with Gasteiger partial charge >= 0.3 is 5.97 Å². The molecule has 6 heteroatoms. The molecule has 0 aliphatic rings. The van der Waals surface area contributed by atoms with Gasteiger partial charge in [0.1, 0.15) is 9.71 Å². The summed E-state index contributed by atoms with van der Waals surface area (Å²) in [6.07, 6.45) is 0. The number of benzene rings is 1.